The Morgan fingerprint density at radius 1 is 0.725 bits per heavy atom. The van der Waals surface area contributed by atoms with E-state index in [1.165, 1.54) is 31.3 Å². The first-order valence-corrected chi connectivity index (χ1v) is 24.8. The quantitative estimate of drug-likeness (QED) is 0.0187. The average molecular weight is 1140 g/mol. The van der Waals surface area contributed by atoms with Gasteiger partial charge in [0.2, 0.25) is 41.4 Å². The number of aliphatic imine (C=N–C) groups is 1. The molecular formula is C49H63F6N13O12. The maximum Gasteiger partial charge on any atom is 0.403 e. The van der Waals surface area contributed by atoms with E-state index >= 15 is 0 Å². The van der Waals surface area contributed by atoms with Gasteiger partial charge in [0, 0.05) is 44.2 Å². The first-order valence-electron chi connectivity index (χ1n) is 24.8. The van der Waals surface area contributed by atoms with Gasteiger partial charge in [0.1, 0.15) is 48.0 Å². The van der Waals surface area contributed by atoms with Crippen LogP contribution in [0.25, 0.3) is 0 Å². The lowest BCUT2D eigenvalue weighted by Gasteiger charge is -2.34. The number of guanidine groups is 1. The highest BCUT2D eigenvalue weighted by molar-refractivity contribution is 5.98. The van der Waals surface area contributed by atoms with Crippen LogP contribution in [0.2, 0.25) is 0 Å². The average Bonchev–Trinajstić information content (AvgIpc) is 4.08. The Bertz CT molecular complexity index is 2650. The van der Waals surface area contributed by atoms with Gasteiger partial charge in [0.15, 0.2) is 11.9 Å². The number of hydrogen-bond donors (Lipinski definition) is 13. The number of benzene rings is 2. The fourth-order valence-electron chi connectivity index (χ4n) is 8.48. The van der Waals surface area contributed by atoms with Crippen molar-refractivity contribution in [2.24, 2.45) is 34.0 Å². The molecule has 438 valence electrons. The van der Waals surface area contributed by atoms with Crippen LogP contribution in [0.1, 0.15) is 62.8 Å². The van der Waals surface area contributed by atoms with Crippen molar-refractivity contribution in [3.63, 3.8) is 0 Å². The number of carbonyl (C=O) groups is 9. The molecule has 1 aliphatic rings. The zero-order valence-electron chi connectivity index (χ0n) is 43.1. The highest BCUT2D eigenvalue weighted by atomic mass is 19.4. The van der Waals surface area contributed by atoms with Gasteiger partial charge in [-0.3, -0.25) is 43.3 Å². The lowest BCUT2D eigenvalue weighted by molar-refractivity contribution is -0.289. The van der Waals surface area contributed by atoms with E-state index in [4.69, 9.17) is 22.3 Å². The fraction of sp³-hybridized carbons (Fsp3) is 0.490. The van der Waals surface area contributed by atoms with Crippen molar-refractivity contribution in [1.82, 2.24) is 46.8 Å². The van der Waals surface area contributed by atoms with Crippen LogP contribution >= 0.6 is 0 Å². The first kappa shape index (κ1) is 64.0. The second-order valence-corrected chi connectivity index (χ2v) is 19.0. The number of H-pyrrole nitrogens is 1. The SMILES string of the molecule is CC(C)[C@H](NC(=O)[C@H](CCCN=C(N)N)NC(=O)[C@@H](N)CC(=O)O)C(=O)N[C@@H](Cc1ccc(O)cc1)C(=O)N[C@H](C(=O)N[C@@H](Cc1cnc[nH]1)C(=O)N1CCC[C@@H]1C(=O)N[C@@H](Cc1ccccc1)C(=O)O)C(C(F)(F)F)C(F)(F)F. The molecule has 8 atom stereocenters. The summed E-state index contributed by atoms with van der Waals surface area (Å²) < 4.78 is 88.9. The molecule has 1 aliphatic heterocycles. The number of hydrogen-bond acceptors (Lipinski definition) is 13. The summed E-state index contributed by atoms with van der Waals surface area (Å²) in [6.07, 6.45) is -13.2. The Morgan fingerprint density at radius 3 is 1.85 bits per heavy atom. The summed E-state index contributed by atoms with van der Waals surface area (Å²) in [5.74, 6) is -18.9. The predicted octanol–water partition coefficient (Wildman–Crippen LogP) is -0.620. The zero-order valence-corrected chi connectivity index (χ0v) is 43.1. The maximum absolute atomic E-state index is 14.8. The van der Waals surface area contributed by atoms with Crippen LogP contribution < -0.4 is 49.1 Å². The number of nitrogens with two attached hydrogens (primary N) is 3. The molecule has 1 aromatic heterocycles. The summed E-state index contributed by atoms with van der Waals surface area (Å²) in [6.45, 7) is 2.42. The molecule has 0 spiro atoms. The third kappa shape index (κ3) is 19.4. The molecule has 0 aliphatic carbocycles. The highest BCUT2D eigenvalue weighted by Gasteiger charge is 2.63. The molecule has 0 radical (unpaired) electrons. The molecule has 7 amide bonds. The van der Waals surface area contributed by atoms with Gasteiger partial charge >= 0.3 is 24.3 Å². The van der Waals surface area contributed by atoms with Crippen LogP contribution in [-0.2, 0) is 62.4 Å². The monoisotopic (exact) mass is 1140 g/mol. The number of phenols is 1. The molecule has 0 bridgehead atoms. The Balaban J connectivity index is 1.71. The summed E-state index contributed by atoms with van der Waals surface area (Å²) in [7, 11) is 0. The lowest BCUT2D eigenvalue weighted by atomic mass is 9.95. The molecule has 4 rings (SSSR count). The Kier molecular flexibility index (Phi) is 23.1. The van der Waals surface area contributed by atoms with Crippen molar-refractivity contribution in [3.8, 4) is 5.75 Å². The molecule has 2 heterocycles. The molecule has 1 saturated heterocycles. The largest absolute Gasteiger partial charge is 0.508 e. The normalized spacial score (nSPS) is 16.2. The van der Waals surface area contributed by atoms with Crippen molar-refractivity contribution in [3.05, 3.63) is 83.9 Å². The van der Waals surface area contributed by atoms with E-state index in [-0.39, 0.29) is 68.2 Å². The molecule has 25 nitrogen and oxygen atoms in total. The molecule has 2 aromatic carbocycles. The standard InChI is InChI=1S/C49H63F6N13O12/c1-24(2)36(66-40(73)30(10-6-16-60-47(57)58)62-39(72)29(56)21-35(70)71)43(76)63-31(18-26-12-14-28(69)15-13-26)41(74)67-37(38(48(50,51)52)49(53,54)55)44(77)64-32(20-27-22-59-23-61-27)45(78)68-17-7-11-34(68)42(75)65-33(46(79)80)19-25-8-4-3-5-9-25/h3-5,8-9,12-15,22-24,29-34,36-38,69H,6-7,10-11,16-21,56H2,1-2H3,(H,59,61)(H,62,72)(H,63,76)(H,64,77)(H,65,75)(H,66,73)(H,67,74)(H,70,71)(H,79,80)(H4,57,58,60)/t29-,30-,31-,32-,33-,34+,36-,37-/m0/s1. The van der Waals surface area contributed by atoms with E-state index in [0.29, 0.717) is 5.56 Å². The minimum atomic E-state index is -6.36. The molecule has 1 fully saturated rings. The number of nitrogens with zero attached hydrogens (tertiary/aromatic N) is 3. The number of likely N-dealkylation sites (tertiary alicyclic amines) is 1. The summed E-state index contributed by atoms with van der Waals surface area (Å²) in [6, 6.07) is -3.20. The van der Waals surface area contributed by atoms with E-state index in [2.05, 4.69) is 36.2 Å². The number of carbonyl (C=O) groups excluding carboxylic acids is 7. The number of alkyl halides is 6. The number of amides is 7. The van der Waals surface area contributed by atoms with Crippen LogP contribution in [0.5, 0.6) is 5.75 Å². The maximum atomic E-state index is 14.8. The van der Waals surface area contributed by atoms with Gasteiger partial charge in [-0.1, -0.05) is 56.3 Å². The van der Waals surface area contributed by atoms with Crippen molar-refractivity contribution in [2.75, 3.05) is 13.1 Å². The Morgan fingerprint density at radius 2 is 1.29 bits per heavy atom. The second kappa shape index (κ2) is 28.9. The number of imidazole rings is 1. The number of aromatic hydroxyl groups is 1. The van der Waals surface area contributed by atoms with Crippen LogP contribution in [0, 0.1) is 11.8 Å². The zero-order chi connectivity index (χ0) is 59.6. The van der Waals surface area contributed by atoms with Crippen LogP contribution in [0.3, 0.4) is 0 Å². The van der Waals surface area contributed by atoms with Crippen molar-refractivity contribution in [2.45, 2.75) is 126 Å². The highest BCUT2D eigenvalue weighted by Crippen LogP contribution is 2.42. The molecule has 31 heteroatoms. The van der Waals surface area contributed by atoms with Gasteiger partial charge in [-0.2, -0.15) is 26.3 Å². The predicted molar refractivity (Wildman–Crippen MR) is 269 cm³/mol. The van der Waals surface area contributed by atoms with Gasteiger partial charge < -0.3 is 74.3 Å². The number of aromatic nitrogens is 2. The van der Waals surface area contributed by atoms with Gasteiger partial charge in [-0.25, -0.2) is 9.78 Å². The summed E-state index contributed by atoms with van der Waals surface area (Å²) >= 11 is 0. The summed E-state index contributed by atoms with van der Waals surface area (Å²) in [5.41, 5.74) is 17.0. The number of halogens is 6. The lowest BCUT2D eigenvalue weighted by Crippen LogP contribution is -2.65. The minimum Gasteiger partial charge on any atom is -0.508 e. The van der Waals surface area contributed by atoms with E-state index in [9.17, 15) is 79.7 Å². The number of rotatable bonds is 28. The number of aliphatic carboxylic acids is 2. The third-order valence-electron chi connectivity index (χ3n) is 12.5. The number of phenolic OH excluding ortho intramolecular Hbond substituents is 1. The molecule has 0 saturated carbocycles. The fourth-order valence-corrected chi connectivity index (χ4v) is 8.48. The molecular weight excluding hydrogens is 1080 g/mol. The smallest absolute Gasteiger partial charge is 0.403 e. The molecule has 3 aromatic rings. The van der Waals surface area contributed by atoms with Gasteiger partial charge in [-0.05, 0) is 54.9 Å². The Labute approximate surface area is 452 Å². The summed E-state index contributed by atoms with van der Waals surface area (Å²) in [5, 5.41) is 41.6. The minimum absolute atomic E-state index is 0.00198. The third-order valence-corrected chi connectivity index (χ3v) is 12.5. The van der Waals surface area contributed by atoms with E-state index < -0.39 is 145 Å². The summed E-state index contributed by atoms with van der Waals surface area (Å²) in [4.78, 5) is 132. The first-order chi connectivity index (χ1) is 37.5. The van der Waals surface area contributed by atoms with Crippen LogP contribution in [0.15, 0.2) is 72.1 Å². The van der Waals surface area contributed by atoms with Crippen molar-refractivity contribution < 1.29 is 84.8 Å². The van der Waals surface area contributed by atoms with Gasteiger partial charge in [0.25, 0.3) is 0 Å². The number of carboxylic acid groups (broad SMARTS) is 2. The Hall–Kier alpha value is -8.51. The van der Waals surface area contributed by atoms with E-state index in [0.717, 1.165) is 29.6 Å². The van der Waals surface area contributed by atoms with Crippen molar-refractivity contribution in [1.29, 1.82) is 0 Å². The molecule has 0 unspecified atom stereocenters. The molecule has 16 N–H and O–H groups in total. The number of nitrogens with one attached hydrogen (secondary N) is 7. The van der Waals surface area contributed by atoms with Crippen LogP contribution in [-0.4, -0.2) is 163 Å². The second-order valence-electron chi connectivity index (χ2n) is 19.0. The van der Waals surface area contributed by atoms with E-state index in [1.807, 2.05) is 5.32 Å². The van der Waals surface area contributed by atoms with E-state index in [1.54, 1.807) is 30.3 Å². The van der Waals surface area contributed by atoms with Gasteiger partial charge in [0.05, 0.1) is 18.8 Å². The molecule has 80 heavy (non-hydrogen) atoms. The van der Waals surface area contributed by atoms with Crippen LogP contribution in [0.4, 0.5) is 26.3 Å². The number of aromatic amines is 1. The van der Waals surface area contributed by atoms with Gasteiger partial charge in [-0.15, -0.1) is 0 Å². The van der Waals surface area contributed by atoms with Crippen molar-refractivity contribution >= 4 is 59.2 Å². The number of carboxylic acids is 2. The topological polar surface area (TPSA) is 409 Å².